The molecule has 0 atom stereocenters. The Morgan fingerprint density at radius 2 is 1.59 bits per heavy atom. The SMILES string of the molecule is COc1ccc(-c2c3n(c4c(=O)oc5cc(OS(=O)(=O)O)c(OC)cc5c24)CCc2cc(OC)c(O)cc2-3)cc1O. The molecule has 12 nitrogen and oxygen atoms in total. The summed E-state index contributed by atoms with van der Waals surface area (Å²) in [5.41, 5.74) is 2.60. The van der Waals surface area contributed by atoms with E-state index in [0.29, 0.717) is 51.9 Å². The zero-order valence-corrected chi connectivity index (χ0v) is 22.7. The molecule has 212 valence electrons. The number of phenols is 2. The molecular weight excluding hydrogens is 558 g/mol. The molecule has 2 aromatic heterocycles. The average Bonchev–Trinajstić information content (AvgIpc) is 3.28. The third-order valence-corrected chi connectivity index (χ3v) is 7.51. The molecule has 0 spiro atoms. The molecule has 13 heteroatoms. The summed E-state index contributed by atoms with van der Waals surface area (Å²) in [6.07, 6.45) is 0.512. The van der Waals surface area contributed by atoms with Gasteiger partial charge in [-0.2, -0.15) is 8.42 Å². The molecule has 0 bridgehead atoms. The summed E-state index contributed by atoms with van der Waals surface area (Å²) in [5.74, 6) is -0.134. The van der Waals surface area contributed by atoms with Crippen LogP contribution in [-0.2, 0) is 23.4 Å². The highest BCUT2D eigenvalue weighted by molar-refractivity contribution is 7.81. The Kier molecular flexibility index (Phi) is 6.01. The van der Waals surface area contributed by atoms with Crippen molar-refractivity contribution in [2.24, 2.45) is 0 Å². The number of benzene rings is 3. The van der Waals surface area contributed by atoms with Crippen LogP contribution in [0.4, 0.5) is 0 Å². The fraction of sp³-hybridized carbons (Fsp3) is 0.179. The van der Waals surface area contributed by atoms with Crippen molar-refractivity contribution < 1.29 is 46.0 Å². The van der Waals surface area contributed by atoms with Gasteiger partial charge >= 0.3 is 16.0 Å². The van der Waals surface area contributed by atoms with Crippen LogP contribution in [0.1, 0.15) is 5.56 Å². The molecule has 5 aromatic rings. The Morgan fingerprint density at radius 1 is 0.878 bits per heavy atom. The number of ether oxygens (including phenoxy) is 3. The molecule has 3 aromatic carbocycles. The summed E-state index contributed by atoms with van der Waals surface area (Å²) in [6, 6.07) is 10.7. The van der Waals surface area contributed by atoms with E-state index in [1.807, 2.05) is 0 Å². The van der Waals surface area contributed by atoms with Crippen LogP contribution in [-0.4, -0.2) is 49.1 Å². The summed E-state index contributed by atoms with van der Waals surface area (Å²) < 4.78 is 60.1. The van der Waals surface area contributed by atoms with Gasteiger partial charge in [0.25, 0.3) is 0 Å². The van der Waals surface area contributed by atoms with Crippen LogP contribution in [0, 0.1) is 0 Å². The van der Waals surface area contributed by atoms with Gasteiger partial charge in [-0.15, -0.1) is 0 Å². The van der Waals surface area contributed by atoms with Gasteiger partial charge in [0.15, 0.2) is 34.5 Å². The van der Waals surface area contributed by atoms with Gasteiger partial charge in [0.05, 0.1) is 27.0 Å². The summed E-state index contributed by atoms with van der Waals surface area (Å²) >= 11 is 0. The summed E-state index contributed by atoms with van der Waals surface area (Å²) in [7, 11) is -0.750. The first-order valence-electron chi connectivity index (χ1n) is 12.2. The van der Waals surface area contributed by atoms with E-state index in [2.05, 4.69) is 4.18 Å². The van der Waals surface area contributed by atoms with E-state index in [1.54, 1.807) is 28.8 Å². The third-order valence-electron chi connectivity index (χ3n) is 7.12. The van der Waals surface area contributed by atoms with Crippen molar-refractivity contribution >= 4 is 32.3 Å². The van der Waals surface area contributed by atoms with E-state index in [9.17, 15) is 28.0 Å². The first-order valence-corrected chi connectivity index (χ1v) is 13.6. The Labute approximate surface area is 232 Å². The number of hydrogen-bond acceptors (Lipinski definition) is 10. The molecule has 1 aliphatic rings. The molecule has 0 amide bonds. The van der Waals surface area contributed by atoms with Gasteiger partial charge in [0.1, 0.15) is 11.1 Å². The third kappa shape index (κ3) is 4.17. The fourth-order valence-electron chi connectivity index (χ4n) is 5.46. The van der Waals surface area contributed by atoms with Crippen LogP contribution in [0.3, 0.4) is 0 Å². The van der Waals surface area contributed by atoms with Crippen LogP contribution in [0.25, 0.3) is 44.3 Å². The van der Waals surface area contributed by atoms with Crippen LogP contribution < -0.4 is 24.0 Å². The second kappa shape index (κ2) is 9.35. The zero-order valence-electron chi connectivity index (χ0n) is 21.9. The number of aromatic nitrogens is 1. The van der Waals surface area contributed by atoms with Crippen molar-refractivity contribution in [3.8, 4) is 56.9 Å². The van der Waals surface area contributed by atoms with Crippen molar-refractivity contribution in [3.05, 3.63) is 58.4 Å². The number of aromatic hydroxyl groups is 2. The Morgan fingerprint density at radius 3 is 2.24 bits per heavy atom. The molecule has 1 aliphatic heterocycles. The number of aryl methyl sites for hydroxylation is 2. The maximum atomic E-state index is 13.5. The Balaban J connectivity index is 1.80. The van der Waals surface area contributed by atoms with Crippen LogP contribution in [0.15, 0.2) is 51.7 Å². The molecule has 0 saturated heterocycles. The normalized spacial score (nSPS) is 12.7. The lowest BCUT2D eigenvalue weighted by molar-refractivity contribution is 0.360. The smallest absolute Gasteiger partial charge is 0.446 e. The quantitative estimate of drug-likeness (QED) is 0.194. The predicted octanol–water partition coefficient (Wildman–Crippen LogP) is 4.26. The van der Waals surface area contributed by atoms with Gasteiger partial charge in [-0.1, -0.05) is 6.07 Å². The highest BCUT2D eigenvalue weighted by Crippen LogP contribution is 2.49. The van der Waals surface area contributed by atoms with E-state index in [4.69, 9.17) is 18.6 Å². The predicted molar refractivity (Wildman–Crippen MR) is 148 cm³/mol. The van der Waals surface area contributed by atoms with Crippen LogP contribution in [0.5, 0.6) is 34.5 Å². The number of rotatable bonds is 6. The van der Waals surface area contributed by atoms with Gasteiger partial charge in [0.2, 0.25) is 0 Å². The number of nitrogens with zero attached hydrogens (tertiary/aromatic N) is 1. The lowest BCUT2D eigenvalue weighted by atomic mass is 9.91. The lowest BCUT2D eigenvalue weighted by Crippen LogP contribution is -2.14. The Bertz CT molecular complexity index is 2060. The molecule has 3 heterocycles. The zero-order chi connectivity index (χ0) is 29.2. The molecule has 0 aliphatic carbocycles. The highest BCUT2D eigenvalue weighted by Gasteiger charge is 2.31. The van der Waals surface area contributed by atoms with Gasteiger partial charge in [-0.05, 0) is 47.9 Å². The van der Waals surface area contributed by atoms with E-state index in [-0.39, 0.29) is 39.8 Å². The van der Waals surface area contributed by atoms with E-state index in [1.165, 1.54) is 33.5 Å². The van der Waals surface area contributed by atoms with Crippen molar-refractivity contribution in [1.29, 1.82) is 0 Å². The molecule has 0 radical (unpaired) electrons. The molecule has 3 N–H and O–H groups in total. The van der Waals surface area contributed by atoms with E-state index < -0.39 is 16.0 Å². The first-order chi connectivity index (χ1) is 19.5. The van der Waals surface area contributed by atoms with Gasteiger partial charge in [0, 0.05) is 34.5 Å². The second-order valence-electron chi connectivity index (χ2n) is 9.32. The van der Waals surface area contributed by atoms with E-state index >= 15 is 0 Å². The summed E-state index contributed by atoms with van der Waals surface area (Å²) in [5, 5.41) is 22.2. The van der Waals surface area contributed by atoms with Crippen LogP contribution in [0.2, 0.25) is 0 Å². The Hall–Kier alpha value is -4.88. The molecule has 0 unspecified atom stereocenters. The lowest BCUT2D eigenvalue weighted by Gasteiger charge is -2.22. The topological polar surface area (TPSA) is 167 Å². The van der Waals surface area contributed by atoms with E-state index in [0.717, 1.165) is 11.6 Å². The minimum atomic E-state index is -4.92. The molecule has 41 heavy (non-hydrogen) atoms. The minimum Gasteiger partial charge on any atom is -0.504 e. The number of hydrogen-bond donors (Lipinski definition) is 3. The summed E-state index contributed by atoms with van der Waals surface area (Å²) in [4.78, 5) is 13.5. The number of methoxy groups -OCH3 is 3. The minimum absolute atomic E-state index is 0.0401. The highest BCUT2D eigenvalue weighted by atomic mass is 32.3. The van der Waals surface area contributed by atoms with Crippen LogP contribution >= 0.6 is 0 Å². The van der Waals surface area contributed by atoms with Crippen molar-refractivity contribution in [2.75, 3.05) is 21.3 Å². The van der Waals surface area contributed by atoms with Gasteiger partial charge in [-0.25, -0.2) is 4.79 Å². The standard InChI is InChI=1S/C28H23NO11S/c1-36-19-5-4-14(8-17(19)30)24-25-16-11-22(38-3)23(40-41(33,34)35)12-20(16)39-28(32)27(25)29-7-6-13-9-21(37-2)18(31)10-15(13)26(24)29/h4-5,8-12,30-31H,6-7H2,1-3H3,(H,33,34,35). The maximum Gasteiger partial charge on any atom is 0.446 e. The monoisotopic (exact) mass is 581 g/mol. The largest absolute Gasteiger partial charge is 0.504 e. The van der Waals surface area contributed by atoms with Crippen molar-refractivity contribution in [2.45, 2.75) is 13.0 Å². The summed E-state index contributed by atoms with van der Waals surface area (Å²) in [6.45, 7) is 0.381. The first kappa shape index (κ1) is 26.3. The van der Waals surface area contributed by atoms with Gasteiger partial charge in [-0.3, -0.25) is 4.55 Å². The molecule has 0 saturated carbocycles. The maximum absolute atomic E-state index is 13.5. The molecular formula is C28H23NO11S. The molecule has 6 rings (SSSR count). The average molecular weight is 582 g/mol. The second-order valence-corrected chi connectivity index (χ2v) is 10.3. The van der Waals surface area contributed by atoms with Crippen molar-refractivity contribution in [1.82, 2.24) is 4.57 Å². The molecule has 0 fully saturated rings. The van der Waals surface area contributed by atoms with Gasteiger partial charge < -0.3 is 37.6 Å². The van der Waals surface area contributed by atoms with Crippen molar-refractivity contribution in [3.63, 3.8) is 0 Å². The number of phenolic OH excluding ortho intramolecular Hbond substituents is 2. The number of fused-ring (bicyclic) bond motifs is 7. The fourth-order valence-corrected chi connectivity index (χ4v) is 5.82.